The van der Waals surface area contributed by atoms with Crippen LogP contribution in [0, 0.1) is 5.92 Å². The third kappa shape index (κ3) is 9.81. The van der Waals surface area contributed by atoms with Crippen molar-refractivity contribution in [3.63, 3.8) is 0 Å². The Morgan fingerprint density at radius 3 is 2.09 bits per heavy atom. The van der Waals surface area contributed by atoms with Crippen LogP contribution in [0.1, 0.15) is 52.5 Å². The summed E-state index contributed by atoms with van der Waals surface area (Å²) in [6.45, 7) is 7.01. The largest absolute Gasteiger partial charge is 0.513 e. The lowest BCUT2D eigenvalue weighted by Crippen LogP contribution is -2.51. The Morgan fingerprint density at radius 2 is 1.54 bits per heavy atom. The molecule has 0 aromatic heterocycles. The molecule has 0 bridgehead atoms. The van der Waals surface area contributed by atoms with Crippen molar-refractivity contribution in [2.75, 3.05) is 26.9 Å². The topological polar surface area (TPSA) is 150 Å². The number of ether oxygens (including phenoxy) is 6. The fraction of sp³-hybridized carbons (Fsp3) is 0.583. The van der Waals surface area contributed by atoms with Crippen molar-refractivity contribution in [1.82, 2.24) is 0 Å². The van der Waals surface area contributed by atoms with Crippen molar-refractivity contribution in [3.05, 3.63) is 23.8 Å². The molecule has 35 heavy (non-hydrogen) atoms. The molecule has 2 N–H and O–H groups in total. The predicted octanol–water partition coefficient (Wildman–Crippen LogP) is 3.54. The van der Waals surface area contributed by atoms with Crippen LogP contribution >= 0.6 is 0 Å². The molecule has 0 fully saturated rings. The van der Waals surface area contributed by atoms with E-state index in [2.05, 4.69) is 0 Å². The fourth-order valence-corrected chi connectivity index (χ4v) is 3.16. The SMILES string of the molecule is CCC[C@H](C)C(=O)OCCC(N)(Cc1ccc(OC(=O)OCC)c(OC(=O)OCC)c1)C(=O)OC. The van der Waals surface area contributed by atoms with Crippen molar-refractivity contribution in [2.45, 2.75) is 58.9 Å². The number of hydrogen-bond donors (Lipinski definition) is 1. The van der Waals surface area contributed by atoms with Crippen LogP contribution in [0.5, 0.6) is 11.5 Å². The van der Waals surface area contributed by atoms with Gasteiger partial charge in [-0.2, -0.15) is 0 Å². The maximum Gasteiger partial charge on any atom is 0.513 e. The maximum absolute atomic E-state index is 12.5. The van der Waals surface area contributed by atoms with Gasteiger partial charge in [0.25, 0.3) is 0 Å². The molecule has 1 rings (SSSR count). The quantitative estimate of drug-likeness (QED) is 0.242. The van der Waals surface area contributed by atoms with Crippen LogP contribution in [0.15, 0.2) is 18.2 Å². The summed E-state index contributed by atoms with van der Waals surface area (Å²) in [7, 11) is 1.20. The van der Waals surface area contributed by atoms with Gasteiger partial charge in [-0.15, -0.1) is 0 Å². The molecule has 1 aromatic rings. The van der Waals surface area contributed by atoms with Crippen LogP contribution in [-0.4, -0.2) is 56.7 Å². The van der Waals surface area contributed by atoms with Crippen molar-refractivity contribution >= 4 is 24.2 Å². The molecular weight excluding hydrogens is 462 g/mol. The third-order valence-corrected chi connectivity index (χ3v) is 4.95. The fourth-order valence-electron chi connectivity index (χ4n) is 3.16. The van der Waals surface area contributed by atoms with E-state index in [-0.39, 0.29) is 56.0 Å². The van der Waals surface area contributed by atoms with E-state index in [0.29, 0.717) is 12.0 Å². The summed E-state index contributed by atoms with van der Waals surface area (Å²) in [4.78, 5) is 48.2. The van der Waals surface area contributed by atoms with E-state index in [1.165, 1.54) is 25.3 Å². The molecule has 196 valence electrons. The molecule has 2 atom stereocenters. The van der Waals surface area contributed by atoms with E-state index in [9.17, 15) is 19.2 Å². The number of hydrogen-bond acceptors (Lipinski definition) is 11. The van der Waals surface area contributed by atoms with Crippen LogP contribution in [0.2, 0.25) is 0 Å². The number of carbonyl (C=O) groups is 4. The Morgan fingerprint density at radius 1 is 0.943 bits per heavy atom. The number of esters is 2. The van der Waals surface area contributed by atoms with E-state index in [1.54, 1.807) is 20.8 Å². The Hall–Kier alpha value is -3.34. The van der Waals surface area contributed by atoms with Gasteiger partial charge in [0.05, 0.1) is 32.8 Å². The van der Waals surface area contributed by atoms with Gasteiger partial charge in [0.1, 0.15) is 5.54 Å². The van der Waals surface area contributed by atoms with Gasteiger partial charge in [0, 0.05) is 12.8 Å². The lowest BCUT2D eigenvalue weighted by molar-refractivity contribution is -0.153. The average molecular weight is 498 g/mol. The molecule has 0 radical (unpaired) electrons. The van der Waals surface area contributed by atoms with E-state index in [0.717, 1.165) is 6.42 Å². The highest BCUT2D eigenvalue weighted by atomic mass is 16.7. The first-order valence-electron chi connectivity index (χ1n) is 11.5. The minimum Gasteiger partial charge on any atom is -0.468 e. The van der Waals surface area contributed by atoms with E-state index in [4.69, 9.17) is 34.2 Å². The summed E-state index contributed by atoms with van der Waals surface area (Å²) in [5, 5.41) is 0. The van der Waals surface area contributed by atoms with Gasteiger partial charge in [-0.3, -0.25) is 9.59 Å². The molecule has 0 aliphatic heterocycles. The molecule has 11 heteroatoms. The van der Waals surface area contributed by atoms with Gasteiger partial charge >= 0.3 is 24.2 Å². The molecule has 0 amide bonds. The standard InChI is InChI=1S/C24H35NO10/c1-6-9-16(4)20(26)33-13-12-24(25,21(27)30-5)15-17-10-11-18(34-22(28)31-7-2)19(14-17)35-23(29)32-8-3/h10-11,14,16H,6-9,12-13,15,25H2,1-5H3/t16-,24?/m0/s1. The molecule has 0 heterocycles. The second-order valence-electron chi connectivity index (χ2n) is 7.78. The number of carbonyl (C=O) groups excluding carboxylic acids is 4. The average Bonchev–Trinajstić information content (AvgIpc) is 2.80. The third-order valence-electron chi connectivity index (χ3n) is 4.95. The van der Waals surface area contributed by atoms with Gasteiger partial charge < -0.3 is 34.2 Å². The Labute approximate surface area is 205 Å². The number of benzene rings is 1. The summed E-state index contributed by atoms with van der Waals surface area (Å²) >= 11 is 0. The smallest absolute Gasteiger partial charge is 0.468 e. The number of nitrogens with two attached hydrogens (primary N) is 1. The molecule has 0 aliphatic rings. The summed E-state index contributed by atoms with van der Waals surface area (Å²) in [6, 6.07) is 4.28. The van der Waals surface area contributed by atoms with Gasteiger partial charge in [-0.25, -0.2) is 9.59 Å². The zero-order valence-corrected chi connectivity index (χ0v) is 20.9. The monoisotopic (exact) mass is 497 g/mol. The number of methoxy groups -OCH3 is 1. The normalized spacial score (nSPS) is 13.1. The molecule has 1 unspecified atom stereocenters. The highest BCUT2D eigenvalue weighted by molar-refractivity contribution is 5.81. The molecule has 0 saturated carbocycles. The first kappa shape index (κ1) is 29.7. The second kappa shape index (κ2) is 14.8. The lowest BCUT2D eigenvalue weighted by atomic mass is 9.88. The van der Waals surface area contributed by atoms with Gasteiger partial charge in [0.2, 0.25) is 0 Å². The van der Waals surface area contributed by atoms with Crippen LogP contribution in [0.3, 0.4) is 0 Å². The van der Waals surface area contributed by atoms with Gasteiger partial charge in [-0.1, -0.05) is 26.3 Å². The van der Waals surface area contributed by atoms with E-state index in [1.807, 2.05) is 6.92 Å². The summed E-state index contributed by atoms with van der Waals surface area (Å²) < 4.78 is 29.9. The summed E-state index contributed by atoms with van der Waals surface area (Å²) in [6.07, 6.45) is -0.549. The highest BCUT2D eigenvalue weighted by Crippen LogP contribution is 2.31. The van der Waals surface area contributed by atoms with Crippen LogP contribution < -0.4 is 15.2 Å². The maximum atomic E-state index is 12.5. The Kier molecular flexibility index (Phi) is 12.6. The zero-order chi connectivity index (χ0) is 26.4. The minimum absolute atomic E-state index is 0.0145. The van der Waals surface area contributed by atoms with Crippen LogP contribution in [-0.2, 0) is 35.0 Å². The lowest BCUT2D eigenvalue weighted by Gasteiger charge is -2.27. The highest BCUT2D eigenvalue weighted by Gasteiger charge is 2.36. The molecule has 1 aromatic carbocycles. The minimum atomic E-state index is -1.55. The molecular formula is C24H35NO10. The van der Waals surface area contributed by atoms with E-state index < -0.39 is 23.8 Å². The van der Waals surface area contributed by atoms with Gasteiger partial charge in [-0.05, 0) is 38.0 Å². The Balaban J connectivity index is 3.10. The Bertz CT molecular complexity index is 872. The van der Waals surface area contributed by atoms with Gasteiger partial charge in [0.15, 0.2) is 11.5 Å². The first-order chi connectivity index (χ1) is 16.6. The molecule has 11 nitrogen and oxygen atoms in total. The predicted molar refractivity (Wildman–Crippen MR) is 124 cm³/mol. The first-order valence-corrected chi connectivity index (χ1v) is 11.5. The van der Waals surface area contributed by atoms with Crippen LogP contribution in [0.4, 0.5) is 9.59 Å². The molecule has 0 aliphatic carbocycles. The molecule has 0 spiro atoms. The van der Waals surface area contributed by atoms with E-state index >= 15 is 0 Å². The van der Waals surface area contributed by atoms with Crippen molar-refractivity contribution in [2.24, 2.45) is 11.7 Å². The van der Waals surface area contributed by atoms with Crippen molar-refractivity contribution in [1.29, 1.82) is 0 Å². The summed E-state index contributed by atoms with van der Waals surface area (Å²) in [5.41, 5.74) is 5.27. The summed E-state index contributed by atoms with van der Waals surface area (Å²) in [5.74, 6) is -1.58. The van der Waals surface area contributed by atoms with Crippen molar-refractivity contribution in [3.8, 4) is 11.5 Å². The van der Waals surface area contributed by atoms with Crippen LogP contribution in [0.25, 0.3) is 0 Å². The number of rotatable bonds is 13. The zero-order valence-electron chi connectivity index (χ0n) is 20.9. The molecule has 0 saturated heterocycles. The second-order valence-corrected chi connectivity index (χ2v) is 7.78. The van der Waals surface area contributed by atoms with Crippen molar-refractivity contribution < 1.29 is 47.6 Å².